The molecule has 6 nitrogen and oxygen atoms in total. The van der Waals surface area contributed by atoms with Crippen LogP contribution in [0.1, 0.15) is 54.1 Å². The number of amides is 1. The normalized spacial score (nSPS) is 19.6. The number of methoxy groups -OCH3 is 1. The molecule has 0 radical (unpaired) electrons. The van der Waals surface area contributed by atoms with Crippen molar-refractivity contribution in [2.45, 2.75) is 47.9 Å². The molecule has 172 valence electrons. The van der Waals surface area contributed by atoms with Crippen molar-refractivity contribution >= 4 is 27.7 Å². The van der Waals surface area contributed by atoms with E-state index in [1.165, 1.54) is 41.4 Å². The zero-order chi connectivity index (χ0) is 22.7. The van der Waals surface area contributed by atoms with Crippen molar-refractivity contribution in [3.63, 3.8) is 0 Å². The number of carbonyl (C=O) groups excluding carboxylic acids is 1. The summed E-state index contributed by atoms with van der Waals surface area (Å²) in [7, 11) is -2.38. The third kappa shape index (κ3) is 4.65. The predicted molar refractivity (Wildman–Crippen MR) is 122 cm³/mol. The van der Waals surface area contributed by atoms with Gasteiger partial charge in [0, 0.05) is 29.3 Å². The van der Waals surface area contributed by atoms with Gasteiger partial charge in [0.2, 0.25) is 10.0 Å². The first kappa shape index (κ1) is 23.1. The second-order valence-corrected chi connectivity index (χ2v) is 11.0. The Hall–Kier alpha value is -2.10. The maximum Gasteiger partial charge on any atom is 0.251 e. The number of rotatable bonds is 5. The van der Waals surface area contributed by atoms with E-state index in [1.807, 2.05) is 6.07 Å². The molecule has 0 saturated carbocycles. The Morgan fingerprint density at radius 1 is 1.16 bits per heavy atom. The Bertz CT molecular complexity index is 1100. The minimum atomic E-state index is -3.80. The molecule has 0 unspecified atom stereocenters. The summed E-state index contributed by atoms with van der Waals surface area (Å²) in [6.07, 6.45) is 4.32. The van der Waals surface area contributed by atoms with Crippen LogP contribution in [0.25, 0.3) is 0 Å². The first-order chi connectivity index (χ1) is 15.4. The van der Waals surface area contributed by atoms with E-state index < -0.39 is 15.9 Å². The number of halogens is 1. The van der Waals surface area contributed by atoms with Crippen LogP contribution >= 0.6 is 11.8 Å². The number of nitrogens with zero attached hydrogens (tertiary/aromatic N) is 1. The molecule has 0 spiro atoms. The quantitative estimate of drug-likeness (QED) is 0.691. The van der Waals surface area contributed by atoms with Crippen molar-refractivity contribution < 1.29 is 22.3 Å². The third-order valence-corrected chi connectivity index (χ3v) is 9.02. The molecular formula is C23H27FN2O4S2. The summed E-state index contributed by atoms with van der Waals surface area (Å²) in [5.41, 5.74) is 0.982. The van der Waals surface area contributed by atoms with Crippen LogP contribution < -0.4 is 10.1 Å². The standard InChI is InChI=1S/C23H27FN2O4S2/c1-30-20-10-9-16(15-21(20)32(28,29)26-12-4-2-3-5-13-26)23(27)25-19-11-14-31-22-17(19)7-6-8-18(22)24/h6-10,15,19H,2-5,11-14H2,1H3,(H,25,27)/t19-/m1/s1. The van der Waals surface area contributed by atoms with E-state index in [0.717, 1.165) is 31.2 Å². The minimum absolute atomic E-state index is 0.000180. The van der Waals surface area contributed by atoms with Gasteiger partial charge in [-0.2, -0.15) is 4.31 Å². The maximum atomic E-state index is 14.2. The summed E-state index contributed by atoms with van der Waals surface area (Å²) in [5.74, 6) is 0.219. The first-order valence-electron chi connectivity index (χ1n) is 10.8. The molecule has 2 aliphatic heterocycles. The van der Waals surface area contributed by atoms with Gasteiger partial charge >= 0.3 is 0 Å². The average Bonchev–Trinajstić information content (AvgIpc) is 3.09. The monoisotopic (exact) mass is 478 g/mol. The van der Waals surface area contributed by atoms with Crippen LogP contribution in [0.4, 0.5) is 4.39 Å². The first-order valence-corrected chi connectivity index (χ1v) is 13.2. The number of fused-ring (bicyclic) bond motifs is 1. The van der Waals surface area contributed by atoms with E-state index in [-0.39, 0.29) is 28.1 Å². The van der Waals surface area contributed by atoms with Crippen LogP contribution in [0.2, 0.25) is 0 Å². The van der Waals surface area contributed by atoms with Crippen molar-refractivity contribution in [1.29, 1.82) is 0 Å². The second-order valence-electron chi connectivity index (χ2n) is 8.01. The van der Waals surface area contributed by atoms with E-state index in [4.69, 9.17) is 4.74 Å². The lowest BCUT2D eigenvalue weighted by molar-refractivity contribution is 0.0934. The molecule has 0 aromatic heterocycles. The molecule has 0 aliphatic carbocycles. The fourth-order valence-corrected chi connectivity index (χ4v) is 7.06. The molecule has 0 bridgehead atoms. The molecule has 1 fully saturated rings. The highest BCUT2D eigenvalue weighted by Gasteiger charge is 2.30. The van der Waals surface area contributed by atoms with Crippen molar-refractivity contribution in [3.8, 4) is 5.75 Å². The predicted octanol–water partition coefficient (Wildman–Crippen LogP) is 4.37. The summed E-state index contributed by atoms with van der Waals surface area (Å²) >= 11 is 1.44. The number of hydrogen-bond acceptors (Lipinski definition) is 5. The Kier molecular flexibility index (Phi) is 7.07. The highest BCUT2D eigenvalue weighted by Crippen LogP contribution is 2.38. The van der Waals surface area contributed by atoms with Crippen LogP contribution in [0.3, 0.4) is 0 Å². The Morgan fingerprint density at radius 3 is 2.62 bits per heavy atom. The summed E-state index contributed by atoms with van der Waals surface area (Å²) < 4.78 is 47.7. The maximum absolute atomic E-state index is 14.2. The van der Waals surface area contributed by atoms with E-state index in [1.54, 1.807) is 12.1 Å². The van der Waals surface area contributed by atoms with Gasteiger partial charge in [0.25, 0.3) is 5.91 Å². The summed E-state index contributed by atoms with van der Waals surface area (Å²) in [6.45, 7) is 0.925. The number of nitrogens with one attached hydrogen (secondary N) is 1. The number of ether oxygens (including phenoxy) is 1. The van der Waals surface area contributed by atoms with Gasteiger partial charge in [-0.15, -0.1) is 11.8 Å². The number of sulfonamides is 1. The van der Waals surface area contributed by atoms with Crippen molar-refractivity contribution in [1.82, 2.24) is 9.62 Å². The van der Waals surface area contributed by atoms with Crippen molar-refractivity contribution in [3.05, 3.63) is 53.3 Å². The molecule has 2 aliphatic rings. The smallest absolute Gasteiger partial charge is 0.251 e. The van der Waals surface area contributed by atoms with Crippen LogP contribution in [0.5, 0.6) is 5.75 Å². The molecule has 2 aromatic rings. The van der Waals surface area contributed by atoms with Gasteiger partial charge in [0.15, 0.2) is 0 Å². The van der Waals surface area contributed by atoms with E-state index in [0.29, 0.717) is 30.2 Å². The number of benzene rings is 2. The van der Waals surface area contributed by atoms with Gasteiger partial charge in [0.05, 0.1) is 13.2 Å². The summed E-state index contributed by atoms with van der Waals surface area (Å²) in [4.78, 5) is 13.6. The molecule has 1 amide bonds. The van der Waals surface area contributed by atoms with Crippen LogP contribution in [-0.4, -0.2) is 44.6 Å². The lowest BCUT2D eigenvalue weighted by Gasteiger charge is -2.26. The molecular weight excluding hydrogens is 451 g/mol. The SMILES string of the molecule is COc1ccc(C(=O)N[C@@H]2CCSc3c(F)cccc32)cc1S(=O)(=O)N1CCCCCC1. The van der Waals surface area contributed by atoms with Gasteiger partial charge in [-0.3, -0.25) is 4.79 Å². The zero-order valence-corrected chi connectivity index (χ0v) is 19.6. The largest absolute Gasteiger partial charge is 0.495 e. The van der Waals surface area contributed by atoms with Crippen LogP contribution in [0, 0.1) is 5.82 Å². The Balaban J connectivity index is 1.61. The topological polar surface area (TPSA) is 75.7 Å². The van der Waals surface area contributed by atoms with Gasteiger partial charge in [-0.25, -0.2) is 12.8 Å². The van der Waals surface area contributed by atoms with Crippen LogP contribution in [-0.2, 0) is 10.0 Å². The molecule has 1 N–H and O–H groups in total. The molecule has 2 heterocycles. The lowest BCUT2D eigenvalue weighted by Crippen LogP contribution is -2.33. The molecule has 4 rings (SSSR count). The number of carbonyl (C=O) groups is 1. The molecule has 1 saturated heterocycles. The lowest BCUT2D eigenvalue weighted by atomic mass is 10.0. The van der Waals surface area contributed by atoms with Crippen molar-refractivity contribution in [2.75, 3.05) is 26.0 Å². The zero-order valence-electron chi connectivity index (χ0n) is 18.0. The summed E-state index contributed by atoms with van der Waals surface area (Å²) in [6, 6.07) is 9.00. The minimum Gasteiger partial charge on any atom is -0.495 e. The fraction of sp³-hybridized carbons (Fsp3) is 0.435. The fourth-order valence-electron chi connectivity index (χ4n) is 4.22. The second kappa shape index (κ2) is 9.80. The number of hydrogen-bond donors (Lipinski definition) is 1. The highest BCUT2D eigenvalue weighted by atomic mass is 32.2. The van der Waals surface area contributed by atoms with E-state index >= 15 is 0 Å². The van der Waals surface area contributed by atoms with Gasteiger partial charge in [-0.05, 0) is 49.1 Å². The molecule has 1 atom stereocenters. The highest BCUT2D eigenvalue weighted by molar-refractivity contribution is 7.99. The molecule has 32 heavy (non-hydrogen) atoms. The molecule has 9 heteroatoms. The van der Waals surface area contributed by atoms with Gasteiger partial charge in [-0.1, -0.05) is 25.0 Å². The average molecular weight is 479 g/mol. The van der Waals surface area contributed by atoms with E-state index in [9.17, 15) is 17.6 Å². The Morgan fingerprint density at radius 2 is 1.91 bits per heavy atom. The number of thioether (sulfide) groups is 1. The van der Waals surface area contributed by atoms with Crippen LogP contribution in [0.15, 0.2) is 46.2 Å². The van der Waals surface area contributed by atoms with E-state index in [2.05, 4.69) is 5.32 Å². The summed E-state index contributed by atoms with van der Waals surface area (Å²) in [5, 5.41) is 2.96. The third-order valence-electron chi connectivity index (χ3n) is 5.94. The molecule has 2 aromatic carbocycles. The Labute approximate surface area is 192 Å². The van der Waals surface area contributed by atoms with Crippen molar-refractivity contribution in [2.24, 2.45) is 0 Å². The van der Waals surface area contributed by atoms with Gasteiger partial charge < -0.3 is 10.1 Å². The van der Waals surface area contributed by atoms with Gasteiger partial charge in [0.1, 0.15) is 16.5 Å².